The van der Waals surface area contributed by atoms with Gasteiger partial charge in [-0.05, 0) is 43.9 Å². The van der Waals surface area contributed by atoms with Crippen LogP contribution in [0.5, 0.6) is 0 Å². The van der Waals surface area contributed by atoms with E-state index >= 15 is 0 Å². The van der Waals surface area contributed by atoms with Crippen molar-refractivity contribution >= 4 is 45.0 Å². The van der Waals surface area contributed by atoms with Gasteiger partial charge in [0, 0.05) is 24.0 Å². The van der Waals surface area contributed by atoms with Crippen molar-refractivity contribution in [3.05, 3.63) is 65.5 Å². The van der Waals surface area contributed by atoms with E-state index < -0.39 is 0 Å². The van der Waals surface area contributed by atoms with Gasteiger partial charge in [-0.2, -0.15) is 0 Å². The topological polar surface area (TPSA) is 67.3 Å². The Balaban J connectivity index is 1.60. The molecule has 1 aliphatic rings. The third kappa shape index (κ3) is 4.41. The highest BCUT2D eigenvalue weighted by Gasteiger charge is 2.24. The lowest BCUT2D eigenvalue weighted by atomic mass is 10.0. The average molecular weight is 459 g/mol. The summed E-state index contributed by atoms with van der Waals surface area (Å²) in [5, 5.41) is 6.18. The monoisotopic (exact) mass is 458 g/mol. The van der Waals surface area contributed by atoms with E-state index in [2.05, 4.69) is 10.2 Å². The zero-order chi connectivity index (χ0) is 22.6. The second-order valence-electron chi connectivity index (χ2n) is 8.00. The van der Waals surface area contributed by atoms with Crippen LogP contribution in [0.25, 0.3) is 22.2 Å². The Morgan fingerprint density at radius 3 is 2.42 bits per heavy atom. The van der Waals surface area contributed by atoms with E-state index in [9.17, 15) is 4.79 Å². The number of hydrogen-bond acceptors (Lipinski definition) is 7. The van der Waals surface area contributed by atoms with Crippen molar-refractivity contribution in [2.75, 3.05) is 29.9 Å². The Labute approximate surface area is 197 Å². The lowest BCUT2D eigenvalue weighted by Gasteiger charge is -2.29. The molecule has 1 saturated heterocycles. The lowest BCUT2D eigenvalue weighted by molar-refractivity contribution is 0.0529. The van der Waals surface area contributed by atoms with Crippen molar-refractivity contribution in [2.24, 2.45) is 0 Å². The van der Waals surface area contributed by atoms with Gasteiger partial charge in [-0.3, -0.25) is 0 Å². The maximum Gasteiger partial charge on any atom is 0.341 e. The van der Waals surface area contributed by atoms with Crippen LogP contribution in [0.15, 0.2) is 60.0 Å². The van der Waals surface area contributed by atoms with Gasteiger partial charge >= 0.3 is 5.97 Å². The van der Waals surface area contributed by atoms with Crippen molar-refractivity contribution < 1.29 is 9.53 Å². The molecule has 3 heterocycles. The molecule has 6 nitrogen and oxygen atoms in total. The first-order chi connectivity index (χ1) is 16.2. The minimum atomic E-state index is -0.339. The van der Waals surface area contributed by atoms with Crippen LogP contribution in [0, 0.1) is 0 Å². The summed E-state index contributed by atoms with van der Waals surface area (Å²) >= 11 is 1.48. The van der Waals surface area contributed by atoms with E-state index in [-0.39, 0.29) is 5.97 Å². The summed E-state index contributed by atoms with van der Waals surface area (Å²) in [4.78, 5) is 25.2. The maximum atomic E-state index is 13.0. The van der Waals surface area contributed by atoms with Crippen LogP contribution < -0.4 is 10.2 Å². The molecule has 4 aromatic rings. The first kappa shape index (κ1) is 21.4. The Morgan fingerprint density at radius 1 is 1.00 bits per heavy atom. The normalized spacial score (nSPS) is 13.8. The highest BCUT2D eigenvalue weighted by atomic mass is 32.1. The summed E-state index contributed by atoms with van der Waals surface area (Å²) in [6.07, 6.45) is 3.51. The molecule has 0 bridgehead atoms. The van der Waals surface area contributed by atoms with Gasteiger partial charge in [0.15, 0.2) is 11.6 Å². The largest absolute Gasteiger partial charge is 0.462 e. The minimum Gasteiger partial charge on any atom is -0.462 e. The summed E-state index contributed by atoms with van der Waals surface area (Å²) < 4.78 is 5.42. The second-order valence-corrected chi connectivity index (χ2v) is 8.88. The number of hydrogen-bond donors (Lipinski definition) is 1. The summed E-state index contributed by atoms with van der Waals surface area (Å²) in [6, 6.07) is 17.8. The molecule has 1 aliphatic heterocycles. The molecule has 0 aliphatic carbocycles. The number of thiophene rings is 1. The number of nitrogens with one attached hydrogen (secondary N) is 1. The highest BCUT2D eigenvalue weighted by molar-refractivity contribution is 7.15. The second kappa shape index (κ2) is 9.58. The molecule has 33 heavy (non-hydrogen) atoms. The highest BCUT2D eigenvalue weighted by Crippen LogP contribution is 2.39. The molecular formula is C26H26N4O2S. The van der Waals surface area contributed by atoms with Crippen LogP contribution >= 0.6 is 11.3 Å². The summed E-state index contributed by atoms with van der Waals surface area (Å²) in [5.41, 5.74) is 4.05. The van der Waals surface area contributed by atoms with Gasteiger partial charge in [0.25, 0.3) is 0 Å². The fourth-order valence-electron chi connectivity index (χ4n) is 4.19. The fraction of sp³-hybridized carbons (Fsp3) is 0.269. The Kier molecular flexibility index (Phi) is 6.21. The zero-order valence-electron chi connectivity index (χ0n) is 18.6. The van der Waals surface area contributed by atoms with Crippen molar-refractivity contribution in [1.82, 2.24) is 9.97 Å². The Hall–Kier alpha value is -3.45. The number of nitrogens with zero attached hydrogens (tertiary/aromatic N) is 3. The molecule has 0 saturated carbocycles. The minimum absolute atomic E-state index is 0.317. The number of aromatic nitrogens is 2. The number of esters is 1. The third-order valence-electron chi connectivity index (χ3n) is 5.80. The fourth-order valence-corrected chi connectivity index (χ4v) is 5.15. The molecule has 0 amide bonds. The van der Waals surface area contributed by atoms with Gasteiger partial charge in [-0.15, -0.1) is 11.3 Å². The third-order valence-corrected chi connectivity index (χ3v) is 6.69. The lowest BCUT2D eigenvalue weighted by Crippen LogP contribution is -2.31. The average Bonchev–Trinajstić information content (AvgIpc) is 3.28. The van der Waals surface area contributed by atoms with E-state index in [1.165, 1.54) is 17.8 Å². The Morgan fingerprint density at radius 2 is 1.70 bits per heavy atom. The molecule has 2 aromatic heterocycles. The van der Waals surface area contributed by atoms with Gasteiger partial charge in [0.05, 0.1) is 17.6 Å². The van der Waals surface area contributed by atoms with E-state index in [1.807, 2.05) is 66.9 Å². The van der Waals surface area contributed by atoms with Gasteiger partial charge in [-0.1, -0.05) is 42.5 Å². The first-order valence-electron chi connectivity index (χ1n) is 11.4. The summed E-state index contributed by atoms with van der Waals surface area (Å²) in [6.45, 7) is 4.04. The van der Waals surface area contributed by atoms with E-state index in [0.29, 0.717) is 18.0 Å². The maximum absolute atomic E-state index is 13.0. The molecule has 0 unspecified atom stereocenters. The molecule has 1 fully saturated rings. The molecule has 168 valence electrons. The van der Waals surface area contributed by atoms with E-state index in [4.69, 9.17) is 14.7 Å². The first-order valence-corrected chi connectivity index (χ1v) is 12.3. The number of fused-ring (bicyclic) bond motifs is 1. The number of benzene rings is 2. The predicted octanol–water partition coefficient (Wildman–Crippen LogP) is 6.27. The van der Waals surface area contributed by atoms with Crippen molar-refractivity contribution in [3.63, 3.8) is 0 Å². The molecule has 1 N–H and O–H groups in total. The van der Waals surface area contributed by atoms with Crippen molar-refractivity contribution in [2.45, 2.75) is 26.2 Å². The van der Waals surface area contributed by atoms with Crippen LogP contribution in [0.1, 0.15) is 36.5 Å². The molecule has 5 rings (SSSR count). The number of rotatable bonds is 6. The SMILES string of the molecule is CCOC(=O)c1c(-c2ccccc2)csc1Nc1nc2ccccc2nc1N1CCCCC1. The van der Waals surface area contributed by atoms with Crippen LogP contribution in [0.4, 0.5) is 16.6 Å². The quantitative estimate of drug-likeness (QED) is 0.344. The van der Waals surface area contributed by atoms with Gasteiger partial charge in [-0.25, -0.2) is 14.8 Å². The molecule has 0 radical (unpaired) electrons. The van der Waals surface area contributed by atoms with Crippen LogP contribution in [0.2, 0.25) is 0 Å². The van der Waals surface area contributed by atoms with Crippen LogP contribution in [0.3, 0.4) is 0 Å². The zero-order valence-corrected chi connectivity index (χ0v) is 19.4. The molecule has 2 aromatic carbocycles. The smallest absolute Gasteiger partial charge is 0.341 e. The summed E-state index contributed by atoms with van der Waals surface area (Å²) in [7, 11) is 0. The predicted molar refractivity (Wildman–Crippen MR) is 135 cm³/mol. The summed E-state index contributed by atoms with van der Waals surface area (Å²) in [5.74, 6) is 1.16. The van der Waals surface area contributed by atoms with Crippen LogP contribution in [-0.4, -0.2) is 35.6 Å². The molecular weight excluding hydrogens is 432 g/mol. The van der Waals surface area contributed by atoms with Crippen molar-refractivity contribution in [3.8, 4) is 11.1 Å². The molecule has 7 heteroatoms. The number of carbonyl (C=O) groups excluding carboxylic acids is 1. The number of piperidine rings is 1. The molecule has 0 spiro atoms. The van der Waals surface area contributed by atoms with Gasteiger partial charge in [0.2, 0.25) is 0 Å². The number of ether oxygens (including phenoxy) is 1. The number of carbonyl (C=O) groups is 1. The Bertz CT molecular complexity index is 1270. The standard InChI is InChI=1S/C26H26N4O2S/c1-2-32-26(31)22-19(18-11-5-3-6-12-18)17-33-25(22)29-23-24(30-15-9-4-10-16-30)28-21-14-8-7-13-20(21)27-23/h3,5-8,11-14,17H,2,4,9-10,15-16H2,1H3,(H,27,29). The number of anilines is 3. The van der Waals surface area contributed by atoms with E-state index in [0.717, 1.165) is 58.9 Å². The van der Waals surface area contributed by atoms with Gasteiger partial charge < -0.3 is 15.0 Å². The van der Waals surface area contributed by atoms with Gasteiger partial charge in [0.1, 0.15) is 10.6 Å². The molecule has 0 atom stereocenters. The number of para-hydroxylation sites is 2. The van der Waals surface area contributed by atoms with Crippen molar-refractivity contribution in [1.29, 1.82) is 0 Å². The van der Waals surface area contributed by atoms with E-state index in [1.54, 1.807) is 0 Å². The van der Waals surface area contributed by atoms with Crippen LogP contribution in [-0.2, 0) is 4.74 Å².